The Morgan fingerprint density at radius 2 is 1.90 bits per heavy atom. The van der Waals surface area contributed by atoms with Gasteiger partial charge < -0.3 is 10.1 Å². The Bertz CT molecular complexity index is 1140. The molecule has 1 saturated heterocycles. The molecule has 1 fully saturated rings. The van der Waals surface area contributed by atoms with Gasteiger partial charge in [0.25, 0.3) is 0 Å². The number of carbonyl (C=O) groups excluding carboxylic acids is 1. The average Bonchev–Trinajstić information content (AvgIpc) is 2.75. The van der Waals surface area contributed by atoms with Gasteiger partial charge in [-0.1, -0.05) is 0 Å². The molecule has 0 spiro atoms. The summed E-state index contributed by atoms with van der Waals surface area (Å²) in [6.45, 7) is 2.49. The highest BCUT2D eigenvalue weighted by molar-refractivity contribution is 5.93. The number of aromatic nitrogens is 3. The van der Waals surface area contributed by atoms with E-state index in [1.165, 1.54) is 31.3 Å². The van der Waals surface area contributed by atoms with Gasteiger partial charge in [-0.2, -0.15) is 13.2 Å². The maximum Gasteiger partial charge on any atom is 0.433 e. The second-order valence-corrected chi connectivity index (χ2v) is 7.32. The molecule has 1 amide bonds. The van der Waals surface area contributed by atoms with Crippen molar-refractivity contribution in [2.24, 2.45) is 5.92 Å². The zero-order valence-corrected chi connectivity index (χ0v) is 16.5. The van der Waals surface area contributed by atoms with Crippen LogP contribution in [0.1, 0.15) is 24.1 Å². The van der Waals surface area contributed by atoms with Gasteiger partial charge in [-0.05, 0) is 49.6 Å². The molecule has 0 bridgehead atoms. The molecule has 0 radical (unpaired) electrons. The maximum absolute atomic E-state index is 14.6. The summed E-state index contributed by atoms with van der Waals surface area (Å²) < 4.78 is 58.7. The molecule has 0 aliphatic carbocycles. The molecule has 2 aromatic heterocycles. The number of nitrogens with one attached hydrogen (secondary N) is 1. The molecule has 4 rings (SSSR count). The van der Waals surface area contributed by atoms with Crippen LogP contribution in [0.25, 0.3) is 22.4 Å². The number of hydrogen-bond acceptors (Lipinski definition) is 5. The van der Waals surface area contributed by atoms with Crippen LogP contribution in [0.5, 0.6) is 0 Å². The first-order valence-electron chi connectivity index (χ1n) is 9.62. The molecule has 0 atom stereocenters. The van der Waals surface area contributed by atoms with Crippen molar-refractivity contribution >= 4 is 22.6 Å². The van der Waals surface area contributed by atoms with Crippen molar-refractivity contribution in [1.82, 2.24) is 15.0 Å². The number of carbonyl (C=O) groups is 1. The van der Waals surface area contributed by atoms with Gasteiger partial charge in [0.05, 0.1) is 17.4 Å². The third-order valence-corrected chi connectivity index (χ3v) is 5.10. The summed E-state index contributed by atoms with van der Waals surface area (Å²) in [5.41, 5.74) is -0.144. The van der Waals surface area contributed by atoms with E-state index in [4.69, 9.17) is 4.74 Å². The number of fused-ring (bicyclic) bond motifs is 1. The van der Waals surface area contributed by atoms with Crippen LogP contribution in [0.3, 0.4) is 0 Å². The molecule has 31 heavy (non-hydrogen) atoms. The fourth-order valence-corrected chi connectivity index (χ4v) is 3.42. The fourth-order valence-electron chi connectivity index (χ4n) is 3.42. The van der Waals surface area contributed by atoms with E-state index >= 15 is 0 Å². The number of benzene rings is 1. The summed E-state index contributed by atoms with van der Waals surface area (Å²) in [4.78, 5) is 24.2. The third kappa shape index (κ3) is 4.48. The quantitative estimate of drug-likeness (QED) is 0.614. The predicted octanol–water partition coefficient (Wildman–Crippen LogP) is 4.52. The monoisotopic (exact) mass is 434 g/mol. The molecule has 3 aromatic rings. The summed E-state index contributed by atoms with van der Waals surface area (Å²) in [6, 6.07) is 5.03. The SMILES string of the molecule is Cc1cc(C(F)(F)F)nc2cnc(-c3ccc(NC(=O)C4CCOCC4)c(F)c3)nc12. The van der Waals surface area contributed by atoms with E-state index in [0.29, 0.717) is 31.6 Å². The zero-order chi connectivity index (χ0) is 22.2. The smallest absolute Gasteiger partial charge is 0.381 e. The van der Waals surface area contributed by atoms with Gasteiger partial charge in [0.1, 0.15) is 17.0 Å². The first-order chi connectivity index (χ1) is 14.7. The topological polar surface area (TPSA) is 77.0 Å². The Hall–Kier alpha value is -3.14. The molecular weight excluding hydrogens is 416 g/mol. The van der Waals surface area contributed by atoms with Crippen LogP contribution >= 0.6 is 0 Å². The zero-order valence-electron chi connectivity index (χ0n) is 16.5. The maximum atomic E-state index is 14.6. The molecule has 0 unspecified atom stereocenters. The van der Waals surface area contributed by atoms with Crippen molar-refractivity contribution in [3.8, 4) is 11.4 Å². The Morgan fingerprint density at radius 1 is 1.16 bits per heavy atom. The summed E-state index contributed by atoms with van der Waals surface area (Å²) in [5.74, 6) is -1.02. The highest BCUT2D eigenvalue weighted by Crippen LogP contribution is 2.31. The number of halogens is 4. The highest BCUT2D eigenvalue weighted by atomic mass is 19.4. The first kappa shape index (κ1) is 21.1. The number of nitrogens with zero attached hydrogens (tertiary/aromatic N) is 3. The number of alkyl halides is 3. The Morgan fingerprint density at radius 3 is 2.58 bits per heavy atom. The van der Waals surface area contributed by atoms with Crippen molar-refractivity contribution in [1.29, 1.82) is 0 Å². The lowest BCUT2D eigenvalue weighted by molar-refractivity contribution is -0.141. The number of pyridine rings is 1. The predicted molar refractivity (Wildman–Crippen MR) is 105 cm³/mol. The van der Waals surface area contributed by atoms with E-state index in [-0.39, 0.29) is 39.9 Å². The lowest BCUT2D eigenvalue weighted by Crippen LogP contribution is -2.28. The number of aryl methyl sites for hydroxylation is 1. The number of amides is 1. The Kier molecular flexibility index (Phi) is 5.57. The van der Waals surface area contributed by atoms with E-state index in [9.17, 15) is 22.4 Å². The van der Waals surface area contributed by atoms with Crippen LogP contribution in [0.2, 0.25) is 0 Å². The van der Waals surface area contributed by atoms with Gasteiger partial charge in [0.15, 0.2) is 5.82 Å². The molecular formula is C21H18F4N4O2. The van der Waals surface area contributed by atoms with E-state index in [2.05, 4.69) is 20.3 Å². The fraction of sp³-hybridized carbons (Fsp3) is 0.333. The number of hydrogen-bond donors (Lipinski definition) is 1. The molecule has 1 aliphatic heterocycles. The van der Waals surface area contributed by atoms with Crippen LogP contribution in [0, 0.1) is 18.7 Å². The number of anilines is 1. The minimum Gasteiger partial charge on any atom is -0.381 e. The molecule has 10 heteroatoms. The molecule has 1 N–H and O–H groups in total. The van der Waals surface area contributed by atoms with Crippen molar-refractivity contribution in [2.75, 3.05) is 18.5 Å². The van der Waals surface area contributed by atoms with Crippen LogP contribution in [0.4, 0.5) is 23.2 Å². The largest absolute Gasteiger partial charge is 0.433 e. The second-order valence-electron chi connectivity index (χ2n) is 7.32. The molecule has 1 aromatic carbocycles. The summed E-state index contributed by atoms with van der Waals surface area (Å²) in [5, 5.41) is 2.59. The van der Waals surface area contributed by atoms with Crippen molar-refractivity contribution in [3.05, 3.63) is 47.5 Å². The molecule has 6 nitrogen and oxygen atoms in total. The lowest BCUT2D eigenvalue weighted by atomic mass is 9.99. The van der Waals surface area contributed by atoms with Crippen LogP contribution < -0.4 is 5.32 Å². The van der Waals surface area contributed by atoms with Gasteiger partial charge in [-0.15, -0.1) is 0 Å². The third-order valence-electron chi connectivity index (χ3n) is 5.10. The van der Waals surface area contributed by atoms with Crippen molar-refractivity contribution < 1.29 is 27.1 Å². The van der Waals surface area contributed by atoms with Gasteiger partial charge >= 0.3 is 6.18 Å². The summed E-state index contributed by atoms with van der Waals surface area (Å²) in [7, 11) is 0. The van der Waals surface area contributed by atoms with E-state index < -0.39 is 17.7 Å². The minimum atomic E-state index is -4.58. The van der Waals surface area contributed by atoms with E-state index in [1.807, 2.05) is 0 Å². The van der Waals surface area contributed by atoms with Crippen molar-refractivity contribution in [2.45, 2.75) is 25.9 Å². The highest BCUT2D eigenvalue weighted by Gasteiger charge is 2.33. The Labute approximate surface area is 174 Å². The minimum absolute atomic E-state index is 0.00288. The standard InChI is InChI=1S/C21H18F4N4O2/c1-11-8-17(21(23,24)25)27-16-10-26-19(29-18(11)16)13-2-3-15(14(22)9-13)28-20(30)12-4-6-31-7-5-12/h2-3,8-10,12H,4-7H2,1H3,(H,28,30). The van der Waals surface area contributed by atoms with Gasteiger partial charge in [0, 0.05) is 24.7 Å². The van der Waals surface area contributed by atoms with Crippen LogP contribution in [0.15, 0.2) is 30.5 Å². The lowest BCUT2D eigenvalue weighted by Gasteiger charge is -2.21. The van der Waals surface area contributed by atoms with Gasteiger partial charge in [-0.3, -0.25) is 4.79 Å². The van der Waals surface area contributed by atoms with Gasteiger partial charge in [-0.25, -0.2) is 19.3 Å². The second kappa shape index (κ2) is 8.18. The molecule has 0 saturated carbocycles. The number of rotatable bonds is 3. The summed E-state index contributed by atoms with van der Waals surface area (Å²) >= 11 is 0. The normalized spacial score (nSPS) is 15.3. The average molecular weight is 434 g/mol. The van der Waals surface area contributed by atoms with Crippen LogP contribution in [-0.2, 0) is 15.7 Å². The summed E-state index contributed by atoms with van der Waals surface area (Å²) in [6.07, 6.45) is -2.23. The Balaban J connectivity index is 1.60. The van der Waals surface area contributed by atoms with E-state index in [0.717, 1.165) is 6.07 Å². The van der Waals surface area contributed by atoms with Crippen LogP contribution in [-0.4, -0.2) is 34.1 Å². The number of ether oxygens (including phenoxy) is 1. The van der Waals surface area contributed by atoms with Crippen molar-refractivity contribution in [3.63, 3.8) is 0 Å². The van der Waals surface area contributed by atoms with Gasteiger partial charge in [0.2, 0.25) is 5.91 Å². The first-order valence-corrected chi connectivity index (χ1v) is 9.62. The van der Waals surface area contributed by atoms with E-state index in [1.54, 1.807) is 0 Å². The molecule has 1 aliphatic rings. The molecule has 3 heterocycles. The molecule has 162 valence electrons.